The maximum atomic E-state index is 12.7. The van der Waals surface area contributed by atoms with Gasteiger partial charge in [0.05, 0.1) is 25.0 Å². The zero-order chi connectivity index (χ0) is 25.0. The van der Waals surface area contributed by atoms with Gasteiger partial charge in [0.25, 0.3) is 0 Å². The molecular formula is C23H20F3N5O4. The van der Waals surface area contributed by atoms with Gasteiger partial charge in [0, 0.05) is 26.2 Å². The molecule has 1 saturated heterocycles. The summed E-state index contributed by atoms with van der Waals surface area (Å²) < 4.78 is 56.1. The molecule has 0 N–H and O–H groups in total. The predicted molar refractivity (Wildman–Crippen MR) is 117 cm³/mol. The average molecular weight is 487 g/mol. The zero-order valence-corrected chi connectivity index (χ0v) is 18.6. The highest BCUT2D eigenvalue weighted by atomic mass is 19.4. The van der Waals surface area contributed by atoms with E-state index in [9.17, 15) is 23.2 Å². The molecule has 0 spiro atoms. The molecule has 0 amide bonds. The third kappa shape index (κ3) is 5.70. The van der Waals surface area contributed by atoms with E-state index in [0.29, 0.717) is 37.7 Å². The standard InChI is InChI=1S/C23H20F3N5O4/c1-30-21(31-6-8-33-9-7-31)11-20(29-22(30)32)34-14-15-2-4-18(16(10-15)12-27)35-17-3-5-19(28-13-17)23(24,25)26/h2-5,10-11,13H,6-9,14H2,1H3. The van der Waals surface area contributed by atoms with E-state index in [1.807, 2.05) is 11.0 Å². The number of hydrogen-bond donors (Lipinski definition) is 0. The number of morpholine rings is 1. The van der Waals surface area contributed by atoms with Crippen LogP contribution in [0.1, 0.15) is 16.8 Å². The predicted octanol–water partition coefficient (Wildman–Crippen LogP) is 3.27. The molecular weight excluding hydrogens is 467 g/mol. The molecule has 0 aliphatic carbocycles. The topological polar surface area (TPSA) is 102 Å². The van der Waals surface area contributed by atoms with Crippen LogP contribution in [0.2, 0.25) is 0 Å². The Bertz CT molecular complexity index is 1300. The molecule has 3 aromatic rings. The average Bonchev–Trinajstić information content (AvgIpc) is 2.85. The first-order chi connectivity index (χ1) is 16.7. The molecule has 1 aromatic carbocycles. The first-order valence-electron chi connectivity index (χ1n) is 10.5. The molecule has 0 radical (unpaired) electrons. The minimum absolute atomic E-state index is 0.0273. The van der Waals surface area contributed by atoms with Crippen molar-refractivity contribution in [2.24, 2.45) is 7.05 Å². The normalized spacial score (nSPS) is 13.9. The van der Waals surface area contributed by atoms with E-state index in [2.05, 4.69) is 9.97 Å². The summed E-state index contributed by atoms with van der Waals surface area (Å²) in [5.74, 6) is 1.01. The Hall–Kier alpha value is -4.11. The van der Waals surface area contributed by atoms with E-state index in [1.165, 1.54) is 16.7 Å². The van der Waals surface area contributed by atoms with Crippen molar-refractivity contribution in [2.75, 3.05) is 31.2 Å². The highest BCUT2D eigenvalue weighted by Gasteiger charge is 2.32. The number of rotatable bonds is 6. The molecule has 2 aromatic heterocycles. The summed E-state index contributed by atoms with van der Waals surface area (Å²) in [7, 11) is 1.63. The van der Waals surface area contributed by atoms with Crippen LogP contribution in [-0.2, 0) is 24.6 Å². The Morgan fingerprint density at radius 1 is 1.17 bits per heavy atom. The fraction of sp³-hybridized carbons (Fsp3) is 0.304. The van der Waals surface area contributed by atoms with Gasteiger partial charge in [-0.3, -0.25) is 4.57 Å². The Morgan fingerprint density at radius 3 is 2.60 bits per heavy atom. The second-order valence-corrected chi connectivity index (χ2v) is 7.60. The number of benzene rings is 1. The summed E-state index contributed by atoms with van der Waals surface area (Å²) >= 11 is 0. The molecule has 1 aliphatic rings. The summed E-state index contributed by atoms with van der Waals surface area (Å²) in [4.78, 5) is 21.6. The number of ether oxygens (including phenoxy) is 3. The summed E-state index contributed by atoms with van der Waals surface area (Å²) in [6.45, 7) is 2.41. The number of pyridine rings is 1. The molecule has 0 atom stereocenters. The van der Waals surface area contributed by atoms with Crippen molar-refractivity contribution in [3.05, 3.63) is 69.9 Å². The molecule has 1 fully saturated rings. The fourth-order valence-electron chi connectivity index (χ4n) is 3.41. The van der Waals surface area contributed by atoms with E-state index >= 15 is 0 Å². The fourth-order valence-corrected chi connectivity index (χ4v) is 3.41. The number of alkyl halides is 3. The van der Waals surface area contributed by atoms with Gasteiger partial charge in [-0.15, -0.1) is 0 Å². The minimum Gasteiger partial charge on any atom is -0.473 e. The number of nitrogens with zero attached hydrogens (tertiary/aromatic N) is 5. The molecule has 3 heterocycles. The second-order valence-electron chi connectivity index (χ2n) is 7.60. The number of aromatic nitrogens is 3. The molecule has 1 aliphatic heterocycles. The Kier molecular flexibility index (Phi) is 6.88. The SMILES string of the molecule is Cn1c(N2CCOCC2)cc(OCc2ccc(Oc3ccc(C(F)(F)F)nc3)c(C#N)c2)nc1=O. The van der Waals surface area contributed by atoms with Gasteiger partial charge in [-0.1, -0.05) is 6.07 Å². The van der Waals surface area contributed by atoms with Crippen LogP contribution < -0.4 is 20.1 Å². The lowest BCUT2D eigenvalue weighted by molar-refractivity contribution is -0.141. The smallest absolute Gasteiger partial charge is 0.433 e. The van der Waals surface area contributed by atoms with Gasteiger partial charge in [0.2, 0.25) is 5.88 Å². The highest BCUT2D eigenvalue weighted by Crippen LogP contribution is 2.30. The first kappa shape index (κ1) is 24.0. The van der Waals surface area contributed by atoms with Crippen LogP contribution in [0.25, 0.3) is 0 Å². The van der Waals surface area contributed by atoms with Gasteiger partial charge in [-0.2, -0.15) is 23.4 Å². The maximum absolute atomic E-state index is 12.7. The van der Waals surface area contributed by atoms with Gasteiger partial charge >= 0.3 is 11.9 Å². The lowest BCUT2D eigenvalue weighted by Crippen LogP contribution is -2.39. The molecule has 12 heteroatoms. The number of nitriles is 1. The van der Waals surface area contributed by atoms with E-state index in [0.717, 1.165) is 18.3 Å². The third-order valence-electron chi connectivity index (χ3n) is 5.23. The minimum atomic E-state index is -4.56. The lowest BCUT2D eigenvalue weighted by atomic mass is 10.1. The first-order valence-corrected chi connectivity index (χ1v) is 10.5. The Labute approximate surface area is 197 Å². The summed E-state index contributed by atoms with van der Waals surface area (Å²) in [6.07, 6.45) is -3.62. The van der Waals surface area contributed by atoms with Crippen LogP contribution >= 0.6 is 0 Å². The number of halogens is 3. The maximum Gasteiger partial charge on any atom is 0.433 e. The number of hydrogen-bond acceptors (Lipinski definition) is 8. The molecule has 0 unspecified atom stereocenters. The molecule has 9 nitrogen and oxygen atoms in total. The molecule has 4 rings (SSSR count). The van der Waals surface area contributed by atoms with Crippen molar-refractivity contribution in [3.8, 4) is 23.4 Å². The third-order valence-corrected chi connectivity index (χ3v) is 5.23. The number of anilines is 1. The van der Waals surface area contributed by atoms with Crippen LogP contribution in [0.4, 0.5) is 19.0 Å². The Balaban J connectivity index is 1.47. The van der Waals surface area contributed by atoms with Gasteiger partial charge < -0.3 is 19.1 Å². The van der Waals surface area contributed by atoms with E-state index in [-0.39, 0.29) is 29.5 Å². The van der Waals surface area contributed by atoms with Crippen molar-refractivity contribution in [2.45, 2.75) is 12.8 Å². The van der Waals surface area contributed by atoms with Gasteiger partial charge in [-0.25, -0.2) is 9.78 Å². The van der Waals surface area contributed by atoms with Gasteiger partial charge in [0.15, 0.2) is 0 Å². The van der Waals surface area contributed by atoms with Crippen molar-refractivity contribution in [1.82, 2.24) is 14.5 Å². The second kappa shape index (κ2) is 10.0. The van der Waals surface area contributed by atoms with Crippen LogP contribution in [-0.4, -0.2) is 40.8 Å². The molecule has 0 saturated carbocycles. The van der Waals surface area contributed by atoms with Crippen LogP contribution in [0.5, 0.6) is 17.4 Å². The summed E-state index contributed by atoms with van der Waals surface area (Å²) in [6, 6.07) is 10.3. The molecule has 182 valence electrons. The van der Waals surface area contributed by atoms with Crippen molar-refractivity contribution in [1.29, 1.82) is 5.26 Å². The van der Waals surface area contributed by atoms with Crippen molar-refractivity contribution < 1.29 is 27.4 Å². The lowest BCUT2D eigenvalue weighted by Gasteiger charge is -2.29. The van der Waals surface area contributed by atoms with Crippen molar-refractivity contribution in [3.63, 3.8) is 0 Å². The van der Waals surface area contributed by atoms with Crippen LogP contribution in [0.15, 0.2) is 47.4 Å². The zero-order valence-electron chi connectivity index (χ0n) is 18.6. The molecule has 35 heavy (non-hydrogen) atoms. The van der Waals surface area contributed by atoms with Crippen LogP contribution in [0, 0.1) is 11.3 Å². The highest BCUT2D eigenvalue weighted by molar-refractivity contribution is 5.47. The Morgan fingerprint density at radius 2 is 1.94 bits per heavy atom. The van der Waals surface area contributed by atoms with Gasteiger partial charge in [-0.05, 0) is 29.8 Å². The van der Waals surface area contributed by atoms with E-state index in [1.54, 1.807) is 19.2 Å². The van der Waals surface area contributed by atoms with Gasteiger partial charge in [0.1, 0.15) is 35.7 Å². The van der Waals surface area contributed by atoms with Crippen molar-refractivity contribution >= 4 is 5.82 Å². The van der Waals surface area contributed by atoms with E-state index < -0.39 is 17.6 Å². The quantitative estimate of drug-likeness (QED) is 0.522. The summed E-state index contributed by atoms with van der Waals surface area (Å²) in [5.41, 5.74) is -0.749. The largest absolute Gasteiger partial charge is 0.473 e. The summed E-state index contributed by atoms with van der Waals surface area (Å²) in [5, 5.41) is 9.50. The monoisotopic (exact) mass is 487 g/mol. The van der Waals surface area contributed by atoms with E-state index in [4.69, 9.17) is 14.2 Å². The van der Waals surface area contributed by atoms with Crippen LogP contribution in [0.3, 0.4) is 0 Å². The molecule has 0 bridgehead atoms.